The second-order valence-electron chi connectivity index (χ2n) is 28.4. The number of unbranched alkanes of at least 4 members (excludes halogenated alkanes) is 56. The fourth-order valence-electron chi connectivity index (χ4n) is 12.2. The summed E-state index contributed by atoms with van der Waals surface area (Å²) in [5.74, 6) is -2.25. The Kier molecular flexibility index (Phi) is 69.8. The van der Waals surface area contributed by atoms with Crippen LogP contribution in [0.5, 0.6) is 0 Å². The molecule has 2 atom stereocenters. The van der Waals surface area contributed by atoms with Gasteiger partial charge in [0.2, 0.25) is 0 Å². The highest BCUT2D eigenvalue weighted by Gasteiger charge is 2.22. The summed E-state index contributed by atoms with van der Waals surface area (Å²) in [5.41, 5.74) is 0. The molecule has 0 fully saturated rings. The lowest BCUT2D eigenvalue weighted by Crippen LogP contribution is -2.44. The highest BCUT2D eigenvalue weighted by Crippen LogP contribution is 2.20. The number of ether oxygens (including phenoxy) is 4. The number of allylic oxidation sites excluding steroid dienone is 4. The first-order valence-corrected chi connectivity index (χ1v) is 39.5. The van der Waals surface area contributed by atoms with Gasteiger partial charge in [-0.3, -0.25) is 9.59 Å². The maximum Gasteiger partial charge on any atom is 0.306 e. The number of rotatable bonds is 75. The molecule has 9 nitrogen and oxygen atoms in total. The van der Waals surface area contributed by atoms with Crippen molar-refractivity contribution in [1.29, 1.82) is 0 Å². The quantitative estimate of drug-likeness (QED) is 0.0195. The molecule has 0 radical (unpaired) electrons. The smallest absolute Gasteiger partial charge is 0.306 e. The van der Waals surface area contributed by atoms with Gasteiger partial charge < -0.3 is 33.3 Å². The number of carboxylic acid groups (broad SMARTS) is 1. The summed E-state index contributed by atoms with van der Waals surface area (Å²) in [6, 6.07) is 0. The molecular weight excluding hydrogens is 1100 g/mol. The van der Waals surface area contributed by atoms with E-state index in [-0.39, 0.29) is 32.2 Å². The molecule has 0 aromatic carbocycles. The molecular formula is C80H153NO8. The molecule has 0 saturated carbocycles. The molecule has 0 N–H and O–H groups in total. The van der Waals surface area contributed by atoms with Gasteiger partial charge in [0.15, 0.2) is 12.4 Å². The van der Waals surface area contributed by atoms with Crippen LogP contribution >= 0.6 is 0 Å². The molecule has 0 saturated heterocycles. The number of aliphatic carboxylic acids is 1. The van der Waals surface area contributed by atoms with Crippen LogP contribution in [0.2, 0.25) is 0 Å². The molecule has 2 unspecified atom stereocenters. The number of esters is 2. The van der Waals surface area contributed by atoms with E-state index in [0.29, 0.717) is 17.4 Å². The standard InChI is InChI=1S/C80H153NO8/c1-6-8-10-12-14-16-18-20-22-24-26-28-30-32-34-36-37-38-39-40-41-43-44-46-48-50-52-54-56-58-60-62-64-66-68-70-77(82)87-74-76(75-88-80(79(84)85)86-73-72-81(3,4)5)89-78(83)71-69-67-65-63-61-59-57-55-53-51-49-47-45-42-35-33-31-29-27-25-23-21-19-17-15-13-11-9-7-2/h19,21,25,27,76,80H,6-18,20,22-24,26,28-75H2,1-5H3/b21-19-,27-25-. The largest absolute Gasteiger partial charge is 0.545 e. The third kappa shape index (κ3) is 73.1. The lowest BCUT2D eigenvalue weighted by Gasteiger charge is -2.26. The van der Waals surface area contributed by atoms with E-state index in [1.54, 1.807) is 0 Å². The topological polar surface area (TPSA) is 111 Å². The van der Waals surface area contributed by atoms with Crippen LogP contribution in [0.25, 0.3) is 0 Å². The number of quaternary nitrogens is 1. The summed E-state index contributed by atoms with van der Waals surface area (Å²) in [7, 11) is 5.95. The number of carboxylic acids is 1. The lowest BCUT2D eigenvalue weighted by molar-refractivity contribution is -0.870. The Morgan fingerprint density at radius 2 is 0.607 bits per heavy atom. The Morgan fingerprint density at radius 1 is 0.337 bits per heavy atom. The molecule has 0 heterocycles. The monoisotopic (exact) mass is 1260 g/mol. The summed E-state index contributed by atoms with van der Waals surface area (Å²) in [6.07, 6.45) is 87.3. The van der Waals surface area contributed by atoms with Crippen molar-refractivity contribution in [2.75, 3.05) is 47.5 Å². The van der Waals surface area contributed by atoms with E-state index in [4.69, 9.17) is 18.9 Å². The average molecular weight is 1260 g/mol. The summed E-state index contributed by atoms with van der Waals surface area (Å²) >= 11 is 0. The van der Waals surface area contributed by atoms with Gasteiger partial charge in [-0.25, -0.2) is 0 Å². The number of hydrogen-bond donors (Lipinski definition) is 0. The van der Waals surface area contributed by atoms with Gasteiger partial charge in [-0.2, -0.15) is 0 Å². The lowest BCUT2D eigenvalue weighted by atomic mass is 10.0. The van der Waals surface area contributed by atoms with Crippen molar-refractivity contribution in [3.05, 3.63) is 24.3 Å². The Balaban J connectivity index is 3.97. The number of likely N-dealkylation sites (N-methyl/N-ethyl adjacent to an activating group) is 1. The molecule has 89 heavy (non-hydrogen) atoms. The molecule has 526 valence electrons. The van der Waals surface area contributed by atoms with Crippen LogP contribution in [-0.4, -0.2) is 82.3 Å². The van der Waals surface area contributed by atoms with E-state index < -0.39 is 24.3 Å². The van der Waals surface area contributed by atoms with Gasteiger partial charge in [0, 0.05) is 12.8 Å². The Bertz CT molecular complexity index is 1510. The zero-order valence-electron chi connectivity index (χ0n) is 60.3. The highest BCUT2D eigenvalue weighted by molar-refractivity contribution is 5.70. The van der Waals surface area contributed by atoms with E-state index in [0.717, 1.165) is 44.9 Å². The zero-order chi connectivity index (χ0) is 64.7. The molecule has 0 spiro atoms. The van der Waals surface area contributed by atoms with Crippen molar-refractivity contribution in [2.45, 2.75) is 424 Å². The van der Waals surface area contributed by atoms with Crippen molar-refractivity contribution in [2.24, 2.45) is 0 Å². The zero-order valence-corrected chi connectivity index (χ0v) is 60.3. The van der Waals surface area contributed by atoms with Gasteiger partial charge in [0.1, 0.15) is 13.2 Å². The maximum atomic E-state index is 13.0. The van der Waals surface area contributed by atoms with Gasteiger partial charge >= 0.3 is 11.9 Å². The van der Waals surface area contributed by atoms with E-state index in [2.05, 4.69) is 38.2 Å². The molecule has 0 aromatic heterocycles. The molecule has 0 aliphatic heterocycles. The Hall–Kier alpha value is -2.23. The number of carbonyl (C=O) groups excluding carboxylic acids is 3. The molecule has 9 heteroatoms. The maximum absolute atomic E-state index is 13.0. The van der Waals surface area contributed by atoms with Gasteiger partial charge in [-0.15, -0.1) is 0 Å². The van der Waals surface area contributed by atoms with Gasteiger partial charge in [0.05, 0.1) is 40.3 Å². The minimum atomic E-state index is -1.62. The third-order valence-corrected chi connectivity index (χ3v) is 18.2. The van der Waals surface area contributed by atoms with Crippen molar-refractivity contribution in [3.63, 3.8) is 0 Å². The predicted molar refractivity (Wildman–Crippen MR) is 380 cm³/mol. The fraction of sp³-hybridized carbons (Fsp3) is 0.912. The highest BCUT2D eigenvalue weighted by atomic mass is 16.7. The summed E-state index contributed by atoms with van der Waals surface area (Å²) in [6.45, 7) is 4.82. The van der Waals surface area contributed by atoms with Crippen LogP contribution in [-0.2, 0) is 33.3 Å². The van der Waals surface area contributed by atoms with Gasteiger partial charge in [-0.05, 0) is 44.9 Å². The summed E-state index contributed by atoms with van der Waals surface area (Å²) in [4.78, 5) is 37.6. The average Bonchev–Trinajstić information content (AvgIpc) is 3.71. The van der Waals surface area contributed by atoms with Gasteiger partial charge in [0.25, 0.3) is 0 Å². The predicted octanol–water partition coefficient (Wildman–Crippen LogP) is 23.6. The van der Waals surface area contributed by atoms with Crippen molar-refractivity contribution in [3.8, 4) is 0 Å². The van der Waals surface area contributed by atoms with E-state index in [9.17, 15) is 19.5 Å². The van der Waals surface area contributed by atoms with Crippen LogP contribution < -0.4 is 5.11 Å². The minimum Gasteiger partial charge on any atom is -0.545 e. The van der Waals surface area contributed by atoms with Crippen LogP contribution in [0, 0.1) is 0 Å². The van der Waals surface area contributed by atoms with Crippen LogP contribution in [0.1, 0.15) is 412 Å². The second kappa shape index (κ2) is 71.6. The van der Waals surface area contributed by atoms with Gasteiger partial charge in [-0.1, -0.05) is 378 Å². The molecule has 0 amide bonds. The second-order valence-corrected chi connectivity index (χ2v) is 28.4. The minimum absolute atomic E-state index is 0.152. The summed E-state index contributed by atoms with van der Waals surface area (Å²) in [5, 5.41) is 11.8. The summed E-state index contributed by atoms with van der Waals surface area (Å²) < 4.78 is 22.9. The van der Waals surface area contributed by atoms with Crippen molar-refractivity contribution >= 4 is 17.9 Å². The van der Waals surface area contributed by atoms with E-state index in [1.165, 1.54) is 340 Å². The van der Waals surface area contributed by atoms with Crippen molar-refractivity contribution in [1.82, 2.24) is 0 Å². The van der Waals surface area contributed by atoms with Crippen molar-refractivity contribution < 1.29 is 42.9 Å². The first-order valence-electron chi connectivity index (χ1n) is 39.5. The number of hydrogen-bond acceptors (Lipinski definition) is 8. The number of carbonyl (C=O) groups is 3. The van der Waals surface area contributed by atoms with Crippen LogP contribution in [0.15, 0.2) is 24.3 Å². The van der Waals surface area contributed by atoms with Crippen LogP contribution in [0.3, 0.4) is 0 Å². The van der Waals surface area contributed by atoms with E-state index >= 15 is 0 Å². The molecule has 0 aromatic rings. The fourth-order valence-corrected chi connectivity index (χ4v) is 12.2. The molecule has 0 aliphatic rings. The Morgan fingerprint density at radius 3 is 0.888 bits per heavy atom. The normalized spacial score (nSPS) is 12.7. The number of nitrogens with zero attached hydrogens (tertiary/aromatic N) is 1. The molecule has 0 rings (SSSR count). The molecule has 0 aliphatic carbocycles. The molecule has 0 bridgehead atoms. The van der Waals surface area contributed by atoms with Crippen LogP contribution in [0.4, 0.5) is 0 Å². The van der Waals surface area contributed by atoms with E-state index in [1.807, 2.05) is 21.1 Å². The Labute approximate surface area is 554 Å². The first kappa shape index (κ1) is 86.8. The first-order chi connectivity index (χ1) is 43.6. The SMILES string of the molecule is CCCCCCC/C=C\C/C=C\CCCCCCCCCCCCCCCCCCCC(=O)OC(COC(=O)CCCCCCCCCCCCCCCCCCCCCCCCCCCCCCCCCCCCC)COC(OCC[N+](C)(C)C)C(=O)[O-]. The third-order valence-electron chi connectivity index (χ3n) is 18.2.